The van der Waals surface area contributed by atoms with E-state index in [1.807, 2.05) is 23.6 Å². The third-order valence-corrected chi connectivity index (χ3v) is 4.36. The predicted molar refractivity (Wildman–Crippen MR) is 78.1 cm³/mol. The van der Waals surface area contributed by atoms with Crippen LogP contribution in [0.5, 0.6) is 0 Å². The zero-order chi connectivity index (χ0) is 13.0. The van der Waals surface area contributed by atoms with Gasteiger partial charge in [0.05, 0.1) is 0 Å². The molecule has 18 heavy (non-hydrogen) atoms. The maximum atomic E-state index is 4.49. The minimum atomic E-state index is 0.352. The van der Waals surface area contributed by atoms with Crippen LogP contribution in [0, 0.1) is 6.92 Å². The molecule has 0 aliphatic carbocycles. The van der Waals surface area contributed by atoms with Gasteiger partial charge in [-0.1, -0.05) is 19.9 Å². The van der Waals surface area contributed by atoms with Gasteiger partial charge in [-0.05, 0) is 42.6 Å². The number of hydrogen-bond acceptors (Lipinski definition) is 3. The number of rotatable bonds is 5. The van der Waals surface area contributed by atoms with Crippen molar-refractivity contribution < 1.29 is 0 Å². The van der Waals surface area contributed by atoms with Crippen LogP contribution in [-0.4, -0.2) is 11.5 Å². The van der Waals surface area contributed by atoms with E-state index in [-0.39, 0.29) is 0 Å². The smallest absolute Gasteiger partial charge is 0.0499 e. The van der Waals surface area contributed by atoms with Gasteiger partial charge in [0.25, 0.3) is 0 Å². The van der Waals surface area contributed by atoms with Crippen molar-refractivity contribution in [3.63, 3.8) is 0 Å². The van der Waals surface area contributed by atoms with Crippen LogP contribution >= 0.6 is 11.3 Å². The van der Waals surface area contributed by atoms with Gasteiger partial charge in [0, 0.05) is 28.7 Å². The Morgan fingerprint density at radius 1 is 1.33 bits per heavy atom. The molecule has 2 unspecified atom stereocenters. The Labute approximate surface area is 113 Å². The normalized spacial score (nSPS) is 14.4. The molecule has 96 valence electrons. The lowest BCUT2D eigenvalue weighted by molar-refractivity contribution is 0.477. The first-order valence-corrected chi connectivity index (χ1v) is 7.30. The molecule has 2 aromatic heterocycles. The predicted octanol–water partition coefficient (Wildman–Crippen LogP) is 3.91. The van der Waals surface area contributed by atoms with Crippen LogP contribution in [0.4, 0.5) is 0 Å². The summed E-state index contributed by atoms with van der Waals surface area (Å²) in [6.07, 6.45) is 1.87. The van der Waals surface area contributed by atoms with Crippen molar-refractivity contribution >= 4 is 11.3 Å². The fraction of sp³-hybridized carbons (Fsp3) is 0.400. The molecule has 2 heterocycles. The summed E-state index contributed by atoms with van der Waals surface area (Å²) in [6, 6.07) is 8.68. The van der Waals surface area contributed by atoms with Crippen molar-refractivity contribution in [1.29, 1.82) is 0 Å². The molecule has 0 fully saturated rings. The number of hydrogen-bond donors (Lipinski definition) is 1. The van der Waals surface area contributed by atoms with E-state index in [4.69, 9.17) is 0 Å². The molecule has 0 saturated carbocycles. The van der Waals surface area contributed by atoms with E-state index in [2.05, 4.69) is 54.7 Å². The molecule has 0 bridgehead atoms. The lowest BCUT2D eigenvalue weighted by Crippen LogP contribution is -2.26. The Kier molecular flexibility index (Phi) is 4.50. The SMILES string of the molecule is CCNC(c1sccc1C)C(C)c1ccccn1. The van der Waals surface area contributed by atoms with Crippen molar-refractivity contribution in [2.45, 2.75) is 32.7 Å². The average molecular weight is 260 g/mol. The first kappa shape index (κ1) is 13.2. The molecule has 3 heteroatoms. The fourth-order valence-electron chi connectivity index (χ4n) is 2.24. The maximum Gasteiger partial charge on any atom is 0.0499 e. The van der Waals surface area contributed by atoms with E-state index in [0.29, 0.717) is 12.0 Å². The minimum absolute atomic E-state index is 0.352. The van der Waals surface area contributed by atoms with Crippen molar-refractivity contribution in [1.82, 2.24) is 10.3 Å². The van der Waals surface area contributed by atoms with E-state index in [1.165, 1.54) is 10.4 Å². The fourth-order valence-corrected chi connectivity index (χ4v) is 3.34. The molecule has 0 radical (unpaired) electrons. The summed E-state index contributed by atoms with van der Waals surface area (Å²) >= 11 is 1.83. The maximum absolute atomic E-state index is 4.49. The Bertz CT molecular complexity index is 478. The van der Waals surface area contributed by atoms with E-state index >= 15 is 0 Å². The van der Waals surface area contributed by atoms with Crippen molar-refractivity contribution in [3.8, 4) is 0 Å². The van der Waals surface area contributed by atoms with Gasteiger partial charge >= 0.3 is 0 Å². The number of nitrogens with zero attached hydrogens (tertiary/aromatic N) is 1. The molecule has 0 aliphatic heterocycles. The van der Waals surface area contributed by atoms with E-state index in [9.17, 15) is 0 Å². The van der Waals surface area contributed by atoms with Gasteiger partial charge in [-0.15, -0.1) is 11.3 Å². The summed E-state index contributed by atoms with van der Waals surface area (Å²) in [6.45, 7) is 7.55. The van der Waals surface area contributed by atoms with E-state index in [0.717, 1.165) is 12.2 Å². The quantitative estimate of drug-likeness (QED) is 0.881. The number of likely N-dealkylation sites (N-methyl/N-ethyl adjacent to an activating group) is 1. The van der Waals surface area contributed by atoms with Crippen LogP contribution < -0.4 is 5.32 Å². The Hall–Kier alpha value is -1.19. The monoisotopic (exact) mass is 260 g/mol. The second-order valence-electron chi connectivity index (χ2n) is 4.55. The second kappa shape index (κ2) is 6.12. The first-order chi connectivity index (χ1) is 8.74. The van der Waals surface area contributed by atoms with Crippen LogP contribution in [0.1, 0.15) is 41.9 Å². The summed E-state index contributed by atoms with van der Waals surface area (Å²) in [4.78, 5) is 5.91. The van der Waals surface area contributed by atoms with Gasteiger partial charge in [0.2, 0.25) is 0 Å². The molecule has 2 atom stereocenters. The number of nitrogens with one attached hydrogen (secondary N) is 1. The van der Waals surface area contributed by atoms with Gasteiger partial charge in [0.15, 0.2) is 0 Å². The average Bonchev–Trinajstić information content (AvgIpc) is 2.82. The van der Waals surface area contributed by atoms with E-state index < -0.39 is 0 Å². The Balaban J connectivity index is 2.28. The van der Waals surface area contributed by atoms with Gasteiger partial charge in [0.1, 0.15) is 0 Å². The highest BCUT2D eigenvalue weighted by atomic mass is 32.1. The molecule has 2 rings (SSSR count). The largest absolute Gasteiger partial charge is 0.309 e. The zero-order valence-electron chi connectivity index (χ0n) is 11.2. The lowest BCUT2D eigenvalue weighted by atomic mass is 9.94. The number of aromatic nitrogens is 1. The van der Waals surface area contributed by atoms with Crippen molar-refractivity contribution in [2.75, 3.05) is 6.54 Å². The second-order valence-corrected chi connectivity index (χ2v) is 5.49. The molecule has 0 aliphatic rings. The standard InChI is InChI=1S/C15H20N2S/c1-4-16-14(15-11(2)8-10-18-15)12(3)13-7-5-6-9-17-13/h5-10,12,14,16H,4H2,1-3H3. The highest BCUT2D eigenvalue weighted by Crippen LogP contribution is 2.34. The number of thiophene rings is 1. The molecule has 0 spiro atoms. The number of pyridine rings is 1. The first-order valence-electron chi connectivity index (χ1n) is 6.42. The van der Waals surface area contributed by atoms with Crippen molar-refractivity contribution in [2.24, 2.45) is 0 Å². The molecule has 0 saturated heterocycles. The van der Waals surface area contributed by atoms with Crippen LogP contribution in [-0.2, 0) is 0 Å². The van der Waals surface area contributed by atoms with Gasteiger partial charge in [-0.25, -0.2) is 0 Å². The molecular formula is C15H20N2S. The molecule has 0 aromatic carbocycles. The molecule has 2 aromatic rings. The Morgan fingerprint density at radius 3 is 2.72 bits per heavy atom. The van der Waals surface area contributed by atoms with Crippen LogP contribution in [0.15, 0.2) is 35.8 Å². The lowest BCUT2D eigenvalue weighted by Gasteiger charge is -2.24. The molecule has 2 nitrogen and oxygen atoms in total. The topological polar surface area (TPSA) is 24.9 Å². The highest BCUT2D eigenvalue weighted by Gasteiger charge is 2.23. The molecule has 1 N–H and O–H groups in total. The third-order valence-electron chi connectivity index (χ3n) is 3.26. The van der Waals surface area contributed by atoms with Gasteiger partial charge in [-0.3, -0.25) is 4.98 Å². The van der Waals surface area contributed by atoms with Gasteiger partial charge in [-0.2, -0.15) is 0 Å². The summed E-state index contributed by atoms with van der Waals surface area (Å²) in [5.74, 6) is 0.378. The summed E-state index contributed by atoms with van der Waals surface area (Å²) < 4.78 is 0. The van der Waals surface area contributed by atoms with Crippen LogP contribution in [0.25, 0.3) is 0 Å². The number of aryl methyl sites for hydroxylation is 1. The summed E-state index contributed by atoms with van der Waals surface area (Å²) in [5, 5.41) is 5.76. The zero-order valence-corrected chi connectivity index (χ0v) is 12.0. The summed E-state index contributed by atoms with van der Waals surface area (Å²) in [5.41, 5.74) is 2.52. The van der Waals surface area contributed by atoms with Crippen LogP contribution in [0.3, 0.4) is 0 Å². The van der Waals surface area contributed by atoms with Gasteiger partial charge < -0.3 is 5.32 Å². The highest BCUT2D eigenvalue weighted by molar-refractivity contribution is 7.10. The molecular weight excluding hydrogens is 240 g/mol. The minimum Gasteiger partial charge on any atom is -0.309 e. The third kappa shape index (κ3) is 2.79. The van der Waals surface area contributed by atoms with Crippen molar-refractivity contribution in [3.05, 3.63) is 52.0 Å². The summed E-state index contributed by atoms with van der Waals surface area (Å²) in [7, 11) is 0. The van der Waals surface area contributed by atoms with Crippen LogP contribution in [0.2, 0.25) is 0 Å². The Morgan fingerprint density at radius 2 is 2.17 bits per heavy atom. The molecule has 0 amide bonds. The van der Waals surface area contributed by atoms with E-state index in [1.54, 1.807) is 0 Å².